The van der Waals surface area contributed by atoms with Crippen LogP contribution in [-0.4, -0.2) is 20.7 Å². The first-order valence-corrected chi connectivity index (χ1v) is 10.4. The van der Waals surface area contributed by atoms with E-state index in [2.05, 4.69) is 15.4 Å². The second kappa shape index (κ2) is 8.00. The standard InChI is InChI=1S/C23H16N4O3S/c28-21(14-27-22(29)18-9-5-4-6-15(18)13-24-27)26-23-25-19-11-10-17(12-20(19)31-23)30-16-7-2-1-3-8-16/h1-13H,14H2,(H,25,26,28). The van der Waals surface area contributed by atoms with E-state index in [9.17, 15) is 9.59 Å². The summed E-state index contributed by atoms with van der Waals surface area (Å²) in [5.41, 5.74) is 0.446. The number of amides is 1. The van der Waals surface area contributed by atoms with Gasteiger partial charge in [0.25, 0.3) is 5.56 Å². The first-order valence-electron chi connectivity index (χ1n) is 9.54. The molecular formula is C23H16N4O3S. The maximum Gasteiger partial charge on any atom is 0.275 e. The molecule has 2 aromatic heterocycles. The van der Waals surface area contributed by atoms with Crippen molar-refractivity contribution in [3.8, 4) is 11.5 Å². The topological polar surface area (TPSA) is 86.1 Å². The Balaban J connectivity index is 1.32. The Morgan fingerprint density at radius 2 is 1.81 bits per heavy atom. The number of hydrogen-bond acceptors (Lipinski definition) is 6. The molecule has 0 unspecified atom stereocenters. The zero-order valence-corrected chi connectivity index (χ0v) is 17.0. The lowest BCUT2D eigenvalue weighted by atomic mass is 10.2. The van der Waals surface area contributed by atoms with E-state index in [0.29, 0.717) is 16.3 Å². The van der Waals surface area contributed by atoms with E-state index in [1.807, 2.05) is 60.7 Å². The van der Waals surface area contributed by atoms with Crippen LogP contribution in [0.4, 0.5) is 5.13 Å². The Morgan fingerprint density at radius 3 is 2.68 bits per heavy atom. The minimum Gasteiger partial charge on any atom is -0.457 e. The number of hydrogen-bond donors (Lipinski definition) is 1. The normalized spacial score (nSPS) is 11.0. The van der Waals surface area contributed by atoms with Gasteiger partial charge in [0.2, 0.25) is 5.91 Å². The van der Waals surface area contributed by atoms with Crippen LogP contribution in [-0.2, 0) is 11.3 Å². The Kier molecular flexibility index (Phi) is 4.89. The molecule has 8 heteroatoms. The number of nitrogens with zero attached hydrogens (tertiary/aromatic N) is 3. The number of carbonyl (C=O) groups excluding carboxylic acids is 1. The van der Waals surface area contributed by atoms with Gasteiger partial charge >= 0.3 is 0 Å². The van der Waals surface area contributed by atoms with Crippen molar-refractivity contribution in [2.45, 2.75) is 6.54 Å². The molecule has 0 aliphatic rings. The van der Waals surface area contributed by atoms with Crippen LogP contribution >= 0.6 is 11.3 Å². The van der Waals surface area contributed by atoms with Gasteiger partial charge in [0.05, 0.1) is 21.8 Å². The smallest absolute Gasteiger partial charge is 0.275 e. The summed E-state index contributed by atoms with van der Waals surface area (Å²) in [7, 11) is 0. The molecular weight excluding hydrogens is 412 g/mol. The zero-order chi connectivity index (χ0) is 21.2. The highest BCUT2D eigenvalue weighted by molar-refractivity contribution is 7.22. The van der Waals surface area contributed by atoms with E-state index in [1.165, 1.54) is 11.3 Å². The molecule has 0 saturated heterocycles. The highest BCUT2D eigenvalue weighted by atomic mass is 32.1. The third-order valence-corrected chi connectivity index (χ3v) is 5.57. The minimum absolute atomic E-state index is 0.192. The van der Waals surface area contributed by atoms with Gasteiger partial charge in [-0.05, 0) is 30.3 Å². The van der Waals surface area contributed by atoms with Crippen molar-refractivity contribution in [1.82, 2.24) is 14.8 Å². The Morgan fingerprint density at radius 1 is 1.00 bits per heavy atom. The molecule has 0 bridgehead atoms. The molecule has 2 heterocycles. The summed E-state index contributed by atoms with van der Waals surface area (Å²) in [6.45, 7) is -0.192. The quantitative estimate of drug-likeness (QED) is 0.447. The highest BCUT2D eigenvalue weighted by Crippen LogP contribution is 2.31. The van der Waals surface area contributed by atoms with E-state index in [1.54, 1.807) is 18.3 Å². The van der Waals surface area contributed by atoms with Gasteiger partial charge < -0.3 is 10.1 Å². The monoisotopic (exact) mass is 428 g/mol. The van der Waals surface area contributed by atoms with Crippen LogP contribution < -0.4 is 15.6 Å². The van der Waals surface area contributed by atoms with E-state index in [4.69, 9.17) is 4.74 Å². The minimum atomic E-state index is -0.371. The van der Waals surface area contributed by atoms with Crippen LogP contribution in [0.5, 0.6) is 11.5 Å². The van der Waals surface area contributed by atoms with E-state index >= 15 is 0 Å². The van der Waals surface area contributed by atoms with Crippen LogP contribution in [0.3, 0.4) is 0 Å². The van der Waals surface area contributed by atoms with Gasteiger partial charge in [0.15, 0.2) is 5.13 Å². The van der Waals surface area contributed by atoms with Gasteiger partial charge in [-0.25, -0.2) is 9.67 Å². The van der Waals surface area contributed by atoms with Gasteiger partial charge in [-0.2, -0.15) is 5.10 Å². The zero-order valence-electron chi connectivity index (χ0n) is 16.2. The average molecular weight is 428 g/mol. The van der Waals surface area contributed by atoms with Crippen molar-refractivity contribution in [3.63, 3.8) is 0 Å². The lowest BCUT2D eigenvalue weighted by Crippen LogP contribution is -2.29. The van der Waals surface area contributed by atoms with E-state index < -0.39 is 0 Å². The highest BCUT2D eigenvalue weighted by Gasteiger charge is 2.12. The van der Waals surface area contributed by atoms with Gasteiger partial charge in [0, 0.05) is 11.5 Å². The number of carbonyl (C=O) groups is 1. The number of rotatable bonds is 5. The molecule has 5 aromatic rings. The van der Waals surface area contributed by atoms with Crippen molar-refractivity contribution in [3.05, 3.63) is 89.3 Å². The summed E-state index contributed by atoms with van der Waals surface area (Å²) >= 11 is 1.34. The second-order valence-electron chi connectivity index (χ2n) is 6.81. The van der Waals surface area contributed by atoms with Crippen molar-refractivity contribution >= 4 is 43.4 Å². The molecule has 0 atom stereocenters. The number of thiazole rings is 1. The molecule has 0 aliphatic carbocycles. The SMILES string of the molecule is O=C(Cn1ncc2ccccc2c1=O)Nc1nc2ccc(Oc3ccccc3)cc2s1. The van der Waals surface area contributed by atoms with E-state index in [0.717, 1.165) is 26.0 Å². The lowest BCUT2D eigenvalue weighted by molar-refractivity contribution is -0.117. The molecule has 0 radical (unpaired) electrons. The number of anilines is 1. The van der Waals surface area contributed by atoms with Crippen LogP contribution in [0, 0.1) is 0 Å². The third-order valence-electron chi connectivity index (χ3n) is 4.64. The Bertz CT molecular complexity index is 1460. The molecule has 1 amide bonds. The summed E-state index contributed by atoms with van der Waals surface area (Å²) in [4.78, 5) is 29.5. The lowest BCUT2D eigenvalue weighted by Gasteiger charge is -2.05. The van der Waals surface area contributed by atoms with Crippen LogP contribution in [0.25, 0.3) is 21.0 Å². The first kappa shape index (κ1) is 19.0. The molecule has 0 spiro atoms. The molecule has 5 rings (SSSR count). The fourth-order valence-corrected chi connectivity index (χ4v) is 4.09. The number of ether oxygens (including phenoxy) is 1. The van der Waals surface area contributed by atoms with Crippen molar-refractivity contribution < 1.29 is 9.53 Å². The number of aromatic nitrogens is 3. The van der Waals surface area contributed by atoms with Crippen molar-refractivity contribution in [1.29, 1.82) is 0 Å². The summed E-state index contributed by atoms with van der Waals surface area (Å²) in [5, 5.41) is 8.56. The predicted molar refractivity (Wildman–Crippen MR) is 121 cm³/mol. The summed E-state index contributed by atoms with van der Waals surface area (Å²) in [6, 6.07) is 22.2. The van der Waals surface area contributed by atoms with E-state index in [-0.39, 0.29) is 18.0 Å². The van der Waals surface area contributed by atoms with Gasteiger partial charge in [-0.3, -0.25) is 9.59 Å². The molecule has 0 aliphatic heterocycles. The van der Waals surface area contributed by atoms with Gasteiger partial charge in [0.1, 0.15) is 18.0 Å². The second-order valence-corrected chi connectivity index (χ2v) is 7.84. The van der Waals surface area contributed by atoms with Crippen LogP contribution in [0.2, 0.25) is 0 Å². The maximum atomic E-state index is 12.5. The van der Waals surface area contributed by atoms with Gasteiger partial charge in [-0.1, -0.05) is 47.7 Å². The third kappa shape index (κ3) is 4.01. The predicted octanol–water partition coefficient (Wildman–Crippen LogP) is 4.44. The molecule has 31 heavy (non-hydrogen) atoms. The average Bonchev–Trinajstić information content (AvgIpc) is 3.18. The van der Waals surface area contributed by atoms with Crippen LogP contribution in [0.1, 0.15) is 0 Å². The largest absolute Gasteiger partial charge is 0.457 e. The fraction of sp³-hybridized carbons (Fsp3) is 0.0435. The fourth-order valence-electron chi connectivity index (χ4n) is 3.18. The summed E-state index contributed by atoms with van der Waals surface area (Å²) in [6.07, 6.45) is 1.58. The molecule has 1 N–H and O–H groups in total. The first-order chi connectivity index (χ1) is 15.2. The number of fused-ring (bicyclic) bond motifs is 2. The molecule has 152 valence electrons. The summed E-state index contributed by atoms with van der Waals surface area (Å²) in [5.74, 6) is 1.06. The molecule has 7 nitrogen and oxygen atoms in total. The molecule has 0 saturated carbocycles. The Labute approximate surface area is 180 Å². The summed E-state index contributed by atoms with van der Waals surface area (Å²) < 4.78 is 7.88. The Hall–Kier alpha value is -4.04. The maximum absolute atomic E-state index is 12.5. The van der Waals surface area contributed by atoms with Gasteiger partial charge in [-0.15, -0.1) is 0 Å². The number of benzene rings is 3. The van der Waals surface area contributed by atoms with Crippen molar-refractivity contribution in [2.24, 2.45) is 0 Å². The van der Waals surface area contributed by atoms with Crippen molar-refractivity contribution in [2.75, 3.05) is 5.32 Å². The molecule has 3 aromatic carbocycles. The number of para-hydroxylation sites is 1. The molecule has 0 fully saturated rings. The number of nitrogens with one attached hydrogen (secondary N) is 1. The van der Waals surface area contributed by atoms with Crippen LogP contribution in [0.15, 0.2) is 83.8 Å².